The zero-order chi connectivity index (χ0) is 11.7. The van der Waals surface area contributed by atoms with E-state index in [0.717, 1.165) is 4.68 Å². The molecule has 1 heterocycles. The molecule has 0 unspecified atom stereocenters. The molecule has 82 valence electrons. The Hall–Kier alpha value is -2.15. The average Bonchev–Trinajstić information content (AvgIpc) is 2.50. The Labute approximate surface area is 96.1 Å². The van der Waals surface area contributed by atoms with E-state index >= 15 is 0 Å². The highest BCUT2D eigenvalue weighted by molar-refractivity contribution is 7.80. The van der Waals surface area contributed by atoms with Crippen molar-refractivity contribution in [3.63, 3.8) is 0 Å². The van der Waals surface area contributed by atoms with Gasteiger partial charge in [0.1, 0.15) is 0 Å². The molecule has 0 saturated carbocycles. The van der Waals surface area contributed by atoms with Gasteiger partial charge in [-0.2, -0.15) is 0 Å². The number of benzene rings is 1. The second kappa shape index (κ2) is 3.78. The Balaban J connectivity index is 2.69. The lowest BCUT2D eigenvalue weighted by Crippen LogP contribution is -2.05. The van der Waals surface area contributed by atoms with Crippen LogP contribution in [-0.2, 0) is 0 Å². The van der Waals surface area contributed by atoms with Gasteiger partial charge in [-0.05, 0) is 18.3 Å². The first-order chi connectivity index (χ1) is 7.61. The molecule has 2 rings (SSSR count). The predicted octanol–water partition coefficient (Wildman–Crippen LogP) is 1.39. The van der Waals surface area contributed by atoms with Gasteiger partial charge >= 0.3 is 0 Å². The lowest BCUT2D eigenvalue weighted by molar-refractivity contribution is 0.442. The molecule has 0 saturated heterocycles. The van der Waals surface area contributed by atoms with Crippen molar-refractivity contribution < 1.29 is 5.11 Å². The SMILES string of the molecule is NC(=S)N=Nc1c(O)n(N)c2ccccc12. The van der Waals surface area contributed by atoms with Crippen LogP contribution in [0.4, 0.5) is 5.69 Å². The van der Waals surface area contributed by atoms with Crippen molar-refractivity contribution in [2.45, 2.75) is 0 Å². The van der Waals surface area contributed by atoms with Crippen LogP contribution in [0.5, 0.6) is 5.88 Å². The maximum absolute atomic E-state index is 9.73. The van der Waals surface area contributed by atoms with Gasteiger partial charge in [0.2, 0.25) is 11.0 Å². The number of thiocarbonyl (C=S) groups is 1. The summed E-state index contributed by atoms with van der Waals surface area (Å²) in [6.07, 6.45) is 0. The van der Waals surface area contributed by atoms with Crippen LogP contribution in [0.2, 0.25) is 0 Å². The number of nitrogens with zero attached hydrogens (tertiary/aromatic N) is 3. The third kappa shape index (κ3) is 1.57. The highest BCUT2D eigenvalue weighted by Crippen LogP contribution is 2.36. The van der Waals surface area contributed by atoms with Crippen LogP contribution in [0.3, 0.4) is 0 Å². The van der Waals surface area contributed by atoms with Gasteiger partial charge in [-0.25, -0.2) is 4.68 Å². The van der Waals surface area contributed by atoms with Crippen LogP contribution >= 0.6 is 12.2 Å². The molecule has 0 aliphatic rings. The van der Waals surface area contributed by atoms with Crippen molar-refractivity contribution in [1.82, 2.24) is 4.68 Å². The number of rotatable bonds is 1. The van der Waals surface area contributed by atoms with E-state index in [0.29, 0.717) is 10.9 Å². The summed E-state index contributed by atoms with van der Waals surface area (Å²) in [5.41, 5.74) is 6.10. The third-order valence-electron chi connectivity index (χ3n) is 2.11. The van der Waals surface area contributed by atoms with Gasteiger partial charge in [-0.15, -0.1) is 10.2 Å². The van der Waals surface area contributed by atoms with E-state index in [1.54, 1.807) is 18.2 Å². The van der Waals surface area contributed by atoms with Gasteiger partial charge in [-0.1, -0.05) is 18.2 Å². The molecule has 0 spiro atoms. The quantitative estimate of drug-likeness (QED) is 0.395. The summed E-state index contributed by atoms with van der Waals surface area (Å²) in [6, 6.07) is 7.14. The van der Waals surface area contributed by atoms with Crippen LogP contribution in [0.15, 0.2) is 34.5 Å². The maximum Gasteiger partial charge on any atom is 0.239 e. The van der Waals surface area contributed by atoms with Gasteiger partial charge in [0.05, 0.1) is 5.52 Å². The fourth-order valence-electron chi connectivity index (χ4n) is 1.43. The first kappa shape index (κ1) is 10.4. The lowest BCUT2D eigenvalue weighted by atomic mass is 10.2. The van der Waals surface area contributed by atoms with Crippen LogP contribution in [0, 0.1) is 0 Å². The normalized spacial score (nSPS) is 11.2. The van der Waals surface area contributed by atoms with E-state index in [-0.39, 0.29) is 16.7 Å². The standard InChI is InChI=1S/C9H9N5OS/c10-9(16)13-12-7-5-3-1-2-4-6(5)14(11)8(7)15/h1-4,15H,11H2,(H2,10,16). The lowest BCUT2D eigenvalue weighted by Gasteiger charge is -1.95. The van der Waals surface area contributed by atoms with Gasteiger partial charge in [0.15, 0.2) is 5.69 Å². The number of azo groups is 1. The highest BCUT2D eigenvalue weighted by Gasteiger charge is 2.14. The Morgan fingerprint density at radius 2 is 2.06 bits per heavy atom. The third-order valence-corrected chi connectivity index (χ3v) is 2.19. The van der Waals surface area contributed by atoms with Crippen molar-refractivity contribution >= 4 is 33.9 Å². The number of aromatic hydroxyl groups is 1. The Morgan fingerprint density at radius 3 is 2.75 bits per heavy atom. The zero-order valence-corrected chi connectivity index (χ0v) is 8.98. The van der Waals surface area contributed by atoms with Gasteiger partial charge in [-0.3, -0.25) is 0 Å². The van der Waals surface area contributed by atoms with Crippen LogP contribution < -0.4 is 11.6 Å². The number of hydrogen-bond donors (Lipinski definition) is 3. The monoisotopic (exact) mass is 235 g/mol. The van der Waals surface area contributed by atoms with Gasteiger partial charge in [0, 0.05) is 5.39 Å². The zero-order valence-electron chi connectivity index (χ0n) is 8.16. The largest absolute Gasteiger partial charge is 0.492 e. The van der Waals surface area contributed by atoms with Crippen molar-refractivity contribution in [3.05, 3.63) is 24.3 Å². The summed E-state index contributed by atoms with van der Waals surface area (Å²) in [4.78, 5) is 0. The van der Waals surface area contributed by atoms with Crippen molar-refractivity contribution in [1.29, 1.82) is 0 Å². The molecule has 0 aliphatic heterocycles. The molecule has 0 aliphatic carbocycles. The van der Waals surface area contributed by atoms with Gasteiger partial charge in [0.25, 0.3) is 0 Å². The molecule has 1 aromatic carbocycles. The molecule has 0 fully saturated rings. The van der Waals surface area contributed by atoms with Crippen molar-refractivity contribution in [2.24, 2.45) is 16.0 Å². The molecule has 0 radical (unpaired) electrons. The van der Waals surface area contributed by atoms with Crippen molar-refractivity contribution in [3.8, 4) is 5.88 Å². The summed E-state index contributed by atoms with van der Waals surface area (Å²) in [6.45, 7) is 0. The smallest absolute Gasteiger partial charge is 0.239 e. The highest BCUT2D eigenvalue weighted by atomic mass is 32.1. The Bertz CT molecular complexity index is 589. The minimum absolute atomic E-state index is 0.103. The molecule has 2 aromatic rings. The molecule has 0 bridgehead atoms. The first-order valence-corrected chi connectivity index (χ1v) is 4.80. The Kier molecular flexibility index (Phi) is 2.45. The minimum atomic E-state index is -0.179. The second-order valence-corrected chi connectivity index (χ2v) is 3.52. The number of fused-ring (bicyclic) bond motifs is 1. The fourth-order valence-corrected chi connectivity index (χ4v) is 1.47. The number of nitrogens with two attached hydrogens (primary N) is 2. The van der Waals surface area contributed by atoms with E-state index in [4.69, 9.17) is 11.6 Å². The number of para-hydroxylation sites is 1. The average molecular weight is 235 g/mol. The van der Waals surface area contributed by atoms with Crippen LogP contribution in [-0.4, -0.2) is 14.9 Å². The molecule has 6 nitrogen and oxygen atoms in total. The van der Waals surface area contributed by atoms with E-state index in [2.05, 4.69) is 22.4 Å². The van der Waals surface area contributed by atoms with E-state index in [9.17, 15) is 5.11 Å². The minimum Gasteiger partial charge on any atom is -0.492 e. The Morgan fingerprint density at radius 1 is 1.38 bits per heavy atom. The molecule has 0 atom stereocenters. The van der Waals surface area contributed by atoms with Crippen molar-refractivity contribution in [2.75, 3.05) is 5.84 Å². The summed E-state index contributed by atoms with van der Waals surface area (Å²) >= 11 is 4.57. The van der Waals surface area contributed by atoms with E-state index < -0.39 is 0 Å². The van der Waals surface area contributed by atoms with Crippen LogP contribution in [0.1, 0.15) is 0 Å². The second-order valence-electron chi connectivity index (χ2n) is 3.10. The number of nitrogen functional groups attached to an aromatic ring is 1. The molecule has 16 heavy (non-hydrogen) atoms. The first-order valence-electron chi connectivity index (χ1n) is 4.40. The molecule has 0 amide bonds. The summed E-state index contributed by atoms with van der Waals surface area (Å²) in [5.74, 6) is 5.47. The van der Waals surface area contributed by atoms with E-state index in [1.807, 2.05) is 6.07 Å². The molecule has 5 N–H and O–H groups in total. The fraction of sp³-hybridized carbons (Fsp3) is 0. The molecular formula is C9H9N5OS. The molecule has 7 heteroatoms. The topological polar surface area (TPSA) is 102 Å². The molecular weight excluding hydrogens is 226 g/mol. The molecule has 1 aromatic heterocycles. The summed E-state index contributed by atoms with van der Waals surface area (Å²) in [5, 5.41) is 17.6. The van der Waals surface area contributed by atoms with Gasteiger partial charge < -0.3 is 16.7 Å². The predicted molar refractivity (Wildman–Crippen MR) is 65.1 cm³/mol. The number of aromatic nitrogens is 1. The summed E-state index contributed by atoms with van der Waals surface area (Å²) in [7, 11) is 0. The van der Waals surface area contributed by atoms with Crippen LogP contribution in [0.25, 0.3) is 10.9 Å². The number of hydrogen-bond acceptors (Lipinski definition) is 4. The summed E-state index contributed by atoms with van der Waals surface area (Å²) < 4.78 is 1.13. The van der Waals surface area contributed by atoms with E-state index in [1.165, 1.54) is 0 Å². The maximum atomic E-state index is 9.73.